The first-order valence-corrected chi connectivity index (χ1v) is 10.1. The Bertz CT molecular complexity index is 1220. The van der Waals surface area contributed by atoms with Crippen molar-refractivity contribution in [3.8, 4) is 0 Å². The van der Waals surface area contributed by atoms with Gasteiger partial charge < -0.3 is 21.1 Å². The fraction of sp³-hybridized carbons (Fsp3) is 0.120. The van der Waals surface area contributed by atoms with Gasteiger partial charge in [-0.15, -0.1) is 0 Å². The maximum atomic E-state index is 13.6. The van der Waals surface area contributed by atoms with Crippen molar-refractivity contribution in [1.82, 2.24) is 5.32 Å². The van der Waals surface area contributed by atoms with E-state index in [4.69, 9.17) is 0 Å². The predicted octanol–water partition coefficient (Wildman–Crippen LogP) is 4.70. The molecule has 0 aromatic heterocycles. The summed E-state index contributed by atoms with van der Waals surface area (Å²) in [6, 6.07) is 16.8. The molecular formula is C25H22FN3O3. The standard InChI is InChI=1S/C25H22FN3O3/c1-15(22-9-5-17(25(31)32)11-23(22)28-14-30)24(16-2-6-20(26)7-3-16)29-21-8-4-18-12-27-13-19(18)10-21/h2-11,14,27,29H,12-13H2,1H3,(H,28,30)(H,31,32)/b24-15+. The quantitative estimate of drug-likeness (QED) is 0.322. The number of carbonyl (C=O) groups is 2. The lowest BCUT2D eigenvalue weighted by Gasteiger charge is -2.19. The van der Waals surface area contributed by atoms with Crippen LogP contribution in [-0.4, -0.2) is 17.5 Å². The number of hydrogen-bond donors (Lipinski definition) is 4. The molecule has 6 nitrogen and oxygen atoms in total. The molecule has 0 fully saturated rings. The molecule has 0 atom stereocenters. The zero-order valence-corrected chi connectivity index (χ0v) is 17.4. The van der Waals surface area contributed by atoms with Gasteiger partial charge in [0.2, 0.25) is 6.41 Å². The second-order valence-electron chi connectivity index (χ2n) is 7.55. The molecule has 4 N–H and O–H groups in total. The van der Waals surface area contributed by atoms with Crippen molar-refractivity contribution in [1.29, 1.82) is 0 Å². The number of fused-ring (bicyclic) bond motifs is 1. The van der Waals surface area contributed by atoms with Crippen molar-refractivity contribution < 1.29 is 19.1 Å². The van der Waals surface area contributed by atoms with Gasteiger partial charge in [-0.05, 0) is 77.7 Å². The van der Waals surface area contributed by atoms with E-state index in [0.717, 1.165) is 29.9 Å². The van der Waals surface area contributed by atoms with Crippen LogP contribution < -0.4 is 16.0 Å². The number of anilines is 2. The molecular weight excluding hydrogens is 409 g/mol. The molecule has 1 amide bonds. The predicted molar refractivity (Wildman–Crippen MR) is 123 cm³/mol. The molecule has 0 unspecified atom stereocenters. The van der Waals surface area contributed by atoms with Crippen LogP contribution >= 0.6 is 0 Å². The summed E-state index contributed by atoms with van der Waals surface area (Å²) in [5, 5.41) is 18.7. The van der Waals surface area contributed by atoms with Crippen molar-refractivity contribution in [2.24, 2.45) is 0 Å². The van der Waals surface area contributed by atoms with Gasteiger partial charge in [0.05, 0.1) is 5.56 Å². The second-order valence-corrected chi connectivity index (χ2v) is 7.55. The minimum absolute atomic E-state index is 0.0633. The first-order chi connectivity index (χ1) is 15.5. The summed E-state index contributed by atoms with van der Waals surface area (Å²) in [6.45, 7) is 3.50. The van der Waals surface area contributed by atoms with Gasteiger partial charge >= 0.3 is 5.97 Å². The molecule has 0 aliphatic carbocycles. The van der Waals surface area contributed by atoms with Crippen molar-refractivity contribution >= 4 is 35.0 Å². The fourth-order valence-corrected chi connectivity index (χ4v) is 3.84. The van der Waals surface area contributed by atoms with E-state index < -0.39 is 5.97 Å². The van der Waals surface area contributed by atoms with Crippen LogP contribution in [0.5, 0.6) is 0 Å². The van der Waals surface area contributed by atoms with E-state index in [1.165, 1.54) is 35.4 Å². The summed E-state index contributed by atoms with van der Waals surface area (Å²) >= 11 is 0. The summed E-state index contributed by atoms with van der Waals surface area (Å²) in [6.07, 6.45) is 0.510. The minimum atomic E-state index is -1.09. The lowest BCUT2D eigenvalue weighted by molar-refractivity contribution is -0.105. The molecule has 4 rings (SSSR count). The highest BCUT2D eigenvalue weighted by Crippen LogP contribution is 2.33. The molecule has 32 heavy (non-hydrogen) atoms. The Hall–Kier alpha value is -3.97. The molecule has 0 spiro atoms. The van der Waals surface area contributed by atoms with Gasteiger partial charge in [-0.1, -0.05) is 12.1 Å². The van der Waals surface area contributed by atoms with E-state index >= 15 is 0 Å². The molecule has 162 valence electrons. The Kier molecular flexibility index (Phi) is 6.00. The summed E-state index contributed by atoms with van der Waals surface area (Å²) < 4.78 is 13.6. The molecule has 7 heteroatoms. The number of halogens is 1. The van der Waals surface area contributed by atoms with Crippen molar-refractivity contribution in [2.75, 3.05) is 10.6 Å². The Morgan fingerprint density at radius 1 is 1.00 bits per heavy atom. The lowest BCUT2D eigenvalue weighted by Crippen LogP contribution is -2.06. The second kappa shape index (κ2) is 9.03. The molecule has 3 aromatic rings. The topological polar surface area (TPSA) is 90.5 Å². The van der Waals surface area contributed by atoms with Crippen LogP contribution in [0.4, 0.5) is 15.8 Å². The number of carboxylic acids is 1. The third-order valence-electron chi connectivity index (χ3n) is 5.50. The van der Waals surface area contributed by atoms with E-state index in [2.05, 4.69) is 28.1 Å². The number of carboxylic acid groups (broad SMARTS) is 1. The first kappa shape index (κ1) is 21.3. The molecule has 1 aliphatic heterocycles. The number of allylic oxidation sites excluding steroid dienone is 1. The number of benzene rings is 3. The zero-order chi connectivity index (χ0) is 22.7. The van der Waals surface area contributed by atoms with Crippen LogP contribution in [0, 0.1) is 5.82 Å². The number of carbonyl (C=O) groups excluding carboxylic acids is 1. The van der Waals surface area contributed by atoms with Gasteiger partial charge in [0.15, 0.2) is 0 Å². The normalized spacial score (nSPS) is 13.2. The highest BCUT2D eigenvalue weighted by molar-refractivity contribution is 6.00. The Morgan fingerprint density at radius 2 is 1.72 bits per heavy atom. The van der Waals surface area contributed by atoms with Crippen LogP contribution in [0.15, 0.2) is 60.7 Å². The number of rotatable bonds is 7. The highest BCUT2D eigenvalue weighted by atomic mass is 19.1. The van der Waals surface area contributed by atoms with Gasteiger partial charge in [0.1, 0.15) is 5.82 Å². The average Bonchev–Trinajstić information content (AvgIpc) is 3.26. The van der Waals surface area contributed by atoms with E-state index in [-0.39, 0.29) is 11.4 Å². The first-order valence-electron chi connectivity index (χ1n) is 10.1. The van der Waals surface area contributed by atoms with Gasteiger partial charge in [0, 0.05) is 35.7 Å². The van der Waals surface area contributed by atoms with Crippen LogP contribution in [0.25, 0.3) is 11.3 Å². The number of nitrogens with one attached hydrogen (secondary N) is 3. The average molecular weight is 431 g/mol. The molecule has 0 bridgehead atoms. The monoisotopic (exact) mass is 431 g/mol. The number of aromatic carboxylic acids is 1. The van der Waals surface area contributed by atoms with Crippen molar-refractivity contribution in [3.63, 3.8) is 0 Å². The highest BCUT2D eigenvalue weighted by Gasteiger charge is 2.16. The van der Waals surface area contributed by atoms with E-state index in [9.17, 15) is 19.1 Å². The van der Waals surface area contributed by atoms with Gasteiger partial charge in [-0.2, -0.15) is 0 Å². The molecule has 0 saturated heterocycles. The largest absolute Gasteiger partial charge is 0.478 e. The number of amides is 1. The van der Waals surface area contributed by atoms with Crippen molar-refractivity contribution in [3.05, 3.63) is 94.3 Å². The summed E-state index contributed by atoms with van der Waals surface area (Å²) in [7, 11) is 0. The molecule has 1 heterocycles. The summed E-state index contributed by atoms with van der Waals surface area (Å²) in [4.78, 5) is 22.5. The third-order valence-corrected chi connectivity index (χ3v) is 5.50. The summed E-state index contributed by atoms with van der Waals surface area (Å²) in [5.74, 6) is -1.43. The number of hydrogen-bond acceptors (Lipinski definition) is 4. The zero-order valence-electron chi connectivity index (χ0n) is 17.4. The smallest absolute Gasteiger partial charge is 0.335 e. The maximum Gasteiger partial charge on any atom is 0.335 e. The molecule has 1 aliphatic rings. The van der Waals surface area contributed by atoms with Crippen LogP contribution in [-0.2, 0) is 17.9 Å². The molecule has 0 saturated carbocycles. The molecule has 0 radical (unpaired) electrons. The third kappa shape index (κ3) is 4.38. The SMILES string of the molecule is C/C(=C(\Nc1ccc2c(c1)CNC2)c1ccc(F)cc1)c1ccc(C(=O)O)cc1NC=O. The maximum absolute atomic E-state index is 13.6. The van der Waals surface area contributed by atoms with Crippen LogP contribution in [0.1, 0.15) is 39.5 Å². The lowest BCUT2D eigenvalue weighted by atomic mass is 9.97. The fourth-order valence-electron chi connectivity index (χ4n) is 3.84. The Morgan fingerprint density at radius 3 is 2.44 bits per heavy atom. The van der Waals surface area contributed by atoms with Crippen LogP contribution in [0.2, 0.25) is 0 Å². The Balaban J connectivity index is 1.84. The van der Waals surface area contributed by atoms with Crippen LogP contribution in [0.3, 0.4) is 0 Å². The molecule has 3 aromatic carbocycles. The van der Waals surface area contributed by atoms with E-state index in [1.54, 1.807) is 18.2 Å². The van der Waals surface area contributed by atoms with E-state index in [1.807, 2.05) is 13.0 Å². The summed E-state index contributed by atoms with van der Waals surface area (Å²) in [5.41, 5.74) is 6.65. The van der Waals surface area contributed by atoms with Crippen molar-refractivity contribution in [2.45, 2.75) is 20.0 Å². The van der Waals surface area contributed by atoms with Gasteiger partial charge in [-0.3, -0.25) is 4.79 Å². The Labute approximate surface area is 184 Å². The van der Waals surface area contributed by atoms with Gasteiger partial charge in [0.25, 0.3) is 0 Å². The van der Waals surface area contributed by atoms with Gasteiger partial charge in [-0.25, -0.2) is 9.18 Å². The minimum Gasteiger partial charge on any atom is -0.478 e. The van der Waals surface area contributed by atoms with E-state index in [0.29, 0.717) is 23.4 Å².